The van der Waals surface area contributed by atoms with E-state index in [0.717, 1.165) is 37.3 Å². The molecular weight excluding hydrogens is 436 g/mol. The number of nitrogens with one attached hydrogen (secondary N) is 2. The van der Waals surface area contributed by atoms with Crippen LogP contribution in [-0.4, -0.2) is 48.2 Å². The molecule has 1 aliphatic heterocycles. The molecule has 1 amide bonds. The van der Waals surface area contributed by atoms with Crippen molar-refractivity contribution >= 4 is 29.3 Å². The van der Waals surface area contributed by atoms with E-state index in [4.69, 9.17) is 22.3 Å². The fourth-order valence-corrected chi connectivity index (χ4v) is 4.47. The van der Waals surface area contributed by atoms with Crippen LogP contribution in [0, 0.1) is 0 Å². The van der Waals surface area contributed by atoms with E-state index in [2.05, 4.69) is 27.7 Å². The van der Waals surface area contributed by atoms with Crippen molar-refractivity contribution in [3.8, 4) is 0 Å². The van der Waals surface area contributed by atoms with Gasteiger partial charge in [-0.15, -0.1) is 0 Å². The van der Waals surface area contributed by atoms with Crippen LogP contribution in [-0.2, 0) is 13.0 Å². The van der Waals surface area contributed by atoms with Crippen molar-refractivity contribution in [3.05, 3.63) is 76.4 Å². The van der Waals surface area contributed by atoms with Gasteiger partial charge in [-0.3, -0.25) is 9.36 Å². The molecule has 1 aromatic heterocycles. The molecule has 1 saturated heterocycles. The second-order valence-corrected chi connectivity index (χ2v) is 8.78. The van der Waals surface area contributed by atoms with E-state index in [9.17, 15) is 4.79 Å². The van der Waals surface area contributed by atoms with Gasteiger partial charge in [-0.2, -0.15) is 4.98 Å². The molecular formula is C25H31ClN6O. The Balaban J connectivity index is 1.64. The van der Waals surface area contributed by atoms with E-state index in [1.807, 2.05) is 47.0 Å². The summed E-state index contributed by atoms with van der Waals surface area (Å²) in [6.45, 7) is 2.53. The van der Waals surface area contributed by atoms with Gasteiger partial charge in [-0.05, 0) is 36.5 Å². The van der Waals surface area contributed by atoms with Crippen molar-refractivity contribution in [1.82, 2.24) is 14.9 Å². The molecule has 1 aliphatic rings. The summed E-state index contributed by atoms with van der Waals surface area (Å²) in [5.74, 6) is 1.12. The Morgan fingerprint density at radius 1 is 1.18 bits per heavy atom. The van der Waals surface area contributed by atoms with Crippen molar-refractivity contribution in [2.45, 2.75) is 31.8 Å². The number of benzene rings is 2. The molecule has 1 fully saturated rings. The molecule has 0 spiro atoms. The van der Waals surface area contributed by atoms with Crippen molar-refractivity contribution in [1.29, 1.82) is 0 Å². The monoisotopic (exact) mass is 466 g/mol. The Kier molecular flexibility index (Phi) is 7.52. The number of halogens is 1. The molecule has 2 aromatic carbocycles. The quantitative estimate of drug-likeness (QED) is 0.472. The van der Waals surface area contributed by atoms with Crippen LogP contribution >= 0.6 is 11.6 Å². The van der Waals surface area contributed by atoms with Gasteiger partial charge in [0.05, 0.1) is 6.54 Å². The van der Waals surface area contributed by atoms with Gasteiger partial charge in [0.25, 0.3) is 5.91 Å². The first-order chi connectivity index (χ1) is 16.1. The number of hydrogen-bond acceptors (Lipinski definition) is 5. The Morgan fingerprint density at radius 3 is 2.67 bits per heavy atom. The fraction of sp³-hybridized carbons (Fsp3) is 0.360. The molecule has 1 atom stereocenters. The number of carbonyl (C=O) groups excluding carboxylic acids is 1. The SMILES string of the molecule is CNc1nc(N2CCC[C@@H](N)C2)n(Cc2ccccc2Cl)c1C(=O)NCCc1ccccc1. The van der Waals surface area contributed by atoms with E-state index >= 15 is 0 Å². The maximum atomic E-state index is 13.4. The third-order valence-corrected chi connectivity index (χ3v) is 6.34. The first kappa shape index (κ1) is 23.1. The number of hydrogen-bond donors (Lipinski definition) is 3. The predicted molar refractivity (Wildman–Crippen MR) is 134 cm³/mol. The predicted octanol–water partition coefficient (Wildman–Crippen LogP) is 3.53. The Hall–Kier alpha value is -3.03. The number of carbonyl (C=O) groups is 1. The van der Waals surface area contributed by atoms with Crippen LogP contribution in [0.15, 0.2) is 54.6 Å². The lowest BCUT2D eigenvalue weighted by Gasteiger charge is -2.32. The van der Waals surface area contributed by atoms with E-state index < -0.39 is 0 Å². The lowest BCUT2D eigenvalue weighted by Crippen LogP contribution is -2.44. The molecule has 0 saturated carbocycles. The molecule has 33 heavy (non-hydrogen) atoms. The Bertz CT molecular complexity index is 1080. The lowest BCUT2D eigenvalue weighted by atomic mass is 10.1. The Labute approximate surface area is 199 Å². The van der Waals surface area contributed by atoms with E-state index in [1.54, 1.807) is 7.05 Å². The smallest absolute Gasteiger partial charge is 0.271 e. The van der Waals surface area contributed by atoms with Crippen molar-refractivity contribution in [2.75, 3.05) is 36.9 Å². The summed E-state index contributed by atoms with van der Waals surface area (Å²) in [4.78, 5) is 20.4. The van der Waals surface area contributed by atoms with Gasteiger partial charge in [0.15, 0.2) is 11.5 Å². The molecule has 0 aliphatic carbocycles. The van der Waals surface area contributed by atoms with Gasteiger partial charge in [-0.1, -0.05) is 60.1 Å². The van der Waals surface area contributed by atoms with Crippen molar-refractivity contribution < 1.29 is 4.79 Å². The zero-order chi connectivity index (χ0) is 23.2. The molecule has 2 heterocycles. The zero-order valence-corrected chi connectivity index (χ0v) is 19.7. The van der Waals surface area contributed by atoms with E-state index in [0.29, 0.717) is 36.2 Å². The van der Waals surface area contributed by atoms with Crippen molar-refractivity contribution in [3.63, 3.8) is 0 Å². The molecule has 7 nitrogen and oxygen atoms in total. The summed E-state index contributed by atoms with van der Waals surface area (Å²) in [6, 6.07) is 17.9. The number of amides is 1. The zero-order valence-electron chi connectivity index (χ0n) is 18.9. The topological polar surface area (TPSA) is 88.2 Å². The minimum atomic E-state index is -0.164. The van der Waals surface area contributed by atoms with E-state index in [1.165, 1.54) is 5.56 Å². The summed E-state index contributed by atoms with van der Waals surface area (Å²) >= 11 is 6.48. The maximum absolute atomic E-state index is 13.4. The molecule has 4 rings (SSSR count). The summed E-state index contributed by atoms with van der Waals surface area (Å²) in [6.07, 6.45) is 2.75. The average molecular weight is 467 g/mol. The molecule has 8 heteroatoms. The van der Waals surface area contributed by atoms with Crippen LogP contribution < -0.4 is 21.3 Å². The van der Waals surface area contributed by atoms with Gasteiger partial charge in [0.2, 0.25) is 5.95 Å². The summed E-state index contributed by atoms with van der Waals surface area (Å²) in [7, 11) is 1.79. The highest BCUT2D eigenvalue weighted by Gasteiger charge is 2.28. The highest BCUT2D eigenvalue weighted by atomic mass is 35.5. The van der Waals surface area contributed by atoms with Crippen LogP contribution in [0.25, 0.3) is 0 Å². The number of anilines is 2. The molecule has 3 aromatic rings. The standard InChI is InChI=1S/C25H31ClN6O/c1-28-23-22(24(33)29-14-13-18-8-3-2-4-9-18)32(16-19-10-5-6-12-21(19)26)25(30-23)31-15-7-11-20(27)17-31/h2-6,8-10,12,20,28H,7,11,13-17,27H2,1H3,(H,29,33)/t20-/m1/s1. The van der Waals surface area contributed by atoms with Crippen LogP contribution in [0.2, 0.25) is 5.02 Å². The second-order valence-electron chi connectivity index (χ2n) is 8.38. The van der Waals surface area contributed by atoms with Gasteiger partial charge < -0.3 is 21.3 Å². The van der Waals surface area contributed by atoms with Gasteiger partial charge in [0.1, 0.15) is 0 Å². The number of nitrogens with two attached hydrogens (primary N) is 1. The summed E-state index contributed by atoms with van der Waals surface area (Å²) < 4.78 is 1.96. The first-order valence-electron chi connectivity index (χ1n) is 11.4. The highest BCUT2D eigenvalue weighted by molar-refractivity contribution is 6.31. The summed E-state index contributed by atoms with van der Waals surface area (Å²) in [5.41, 5.74) is 8.86. The van der Waals surface area contributed by atoms with Crippen LogP contribution in [0.5, 0.6) is 0 Å². The van der Waals surface area contributed by atoms with Gasteiger partial charge >= 0.3 is 0 Å². The third-order valence-electron chi connectivity index (χ3n) is 5.97. The van der Waals surface area contributed by atoms with Crippen molar-refractivity contribution in [2.24, 2.45) is 5.73 Å². The van der Waals surface area contributed by atoms with Crippen LogP contribution in [0.1, 0.15) is 34.5 Å². The molecule has 0 bridgehead atoms. The maximum Gasteiger partial charge on any atom is 0.271 e. The number of rotatable bonds is 8. The van der Waals surface area contributed by atoms with Crippen LogP contribution in [0.3, 0.4) is 0 Å². The normalized spacial score (nSPS) is 16.0. The third kappa shape index (κ3) is 5.49. The fourth-order valence-electron chi connectivity index (χ4n) is 4.27. The average Bonchev–Trinajstić information content (AvgIpc) is 3.19. The lowest BCUT2D eigenvalue weighted by molar-refractivity contribution is 0.0946. The number of imidazole rings is 1. The minimum absolute atomic E-state index is 0.0883. The molecule has 174 valence electrons. The summed E-state index contributed by atoms with van der Waals surface area (Å²) in [5, 5.41) is 6.85. The van der Waals surface area contributed by atoms with E-state index in [-0.39, 0.29) is 11.9 Å². The molecule has 4 N–H and O–H groups in total. The number of piperidine rings is 1. The molecule has 0 unspecified atom stereocenters. The highest BCUT2D eigenvalue weighted by Crippen LogP contribution is 2.28. The first-order valence-corrected chi connectivity index (χ1v) is 11.8. The number of aromatic nitrogens is 2. The minimum Gasteiger partial charge on any atom is -0.371 e. The van der Waals surface area contributed by atoms with Gasteiger partial charge in [0, 0.05) is 37.7 Å². The second kappa shape index (κ2) is 10.7. The van der Waals surface area contributed by atoms with Gasteiger partial charge in [-0.25, -0.2) is 0 Å². The largest absolute Gasteiger partial charge is 0.371 e. The molecule has 0 radical (unpaired) electrons. The Morgan fingerprint density at radius 2 is 1.94 bits per heavy atom. The number of nitrogens with zero attached hydrogens (tertiary/aromatic N) is 3. The van der Waals surface area contributed by atoms with Crippen LogP contribution in [0.4, 0.5) is 11.8 Å².